The predicted molar refractivity (Wildman–Crippen MR) is 84.6 cm³/mol. The van der Waals surface area contributed by atoms with E-state index in [9.17, 15) is 0 Å². The normalized spacial score (nSPS) is 10.9. The molecule has 3 rings (SSSR count). The van der Waals surface area contributed by atoms with E-state index in [1.807, 2.05) is 48.5 Å². The Balaban J connectivity index is 1.64. The number of halogens is 1. The Morgan fingerprint density at radius 1 is 1.05 bits per heavy atom. The molecule has 0 fully saturated rings. The standard InChI is InChI=1S/C16H12ClN3O/c17-14-5-1-12(2-6-14)9-19-20-15-7-3-13(4-8-15)16-10-18-11-21-16/h1-11,20H/b19-9-. The molecule has 0 spiro atoms. The van der Waals surface area contributed by atoms with Gasteiger partial charge in [-0.05, 0) is 42.0 Å². The second-order valence-corrected chi connectivity index (χ2v) is 4.80. The van der Waals surface area contributed by atoms with Gasteiger partial charge in [-0.1, -0.05) is 23.7 Å². The summed E-state index contributed by atoms with van der Waals surface area (Å²) in [4.78, 5) is 3.90. The molecule has 0 amide bonds. The van der Waals surface area contributed by atoms with E-state index in [0.717, 1.165) is 22.6 Å². The minimum atomic E-state index is 0.711. The summed E-state index contributed by atoms with van der Waals surface area (Å²) in [5.41, 5.74) is 5.81. The van der Waals surface area contributed by atoms with Crippen LogP contribution in [0.15, 0.2) is 70.6 Å². The van der Waals surface area contributed by atoms with E-state index in [4.69, 9.17) is 16.0 Å². The summed E-state index contributed by atoms with van der Waals surface area (Å²) < 4.78 is 5.24. The highest BCUT2D eigenvalue weighted by atomic mass is 35.5. The van der Waals surface area contributed by atoms with Gasteiger partial charge in [0.15, 0.2) is 12.2 Å². The van der Waals surface area contributed by atoms with Crippen LogP contribution in [0.4, 0.5) is 5.69 Å². The molecule has 0 saturated heterocycles. The van der Waals surface area contributed by atoms with Crippen LogP contribution < -0.4 is 5.43 Å². The lowest BCUT2D eigenvalue weighted by atomic mass is 10.2. The van der Waals surface area contributed by atoms with Crippen LogP contribution in [-0.2, 0) is 0 Å². The molecule has 3 aromatic rings. The molecule has 1 N–H and O–H groups in total. The molecule has 104 valence electrons. The van der Waals surface area contributed by atoms with Crippen LogP contribution >= 0.6 is 11.6 Å². The Morgan fingerprint density at radius 2 is 1.81 bits per heavy atom. The average Bonchev–Trinajstić information content (AvgIpc) is 3.04. The third kappa shape index (κ3) is 3.49. The van der Waals surface area contributed by atoms with Gasteiger partial charge in [-0.15, -0.1) is 0 Å². The molecule has 1 aromatic heterocycles. The SMILES string of the molecule is Clc1ccc(/C=N\Nc2ccc(-c3cnco3)cc2)cc1. The van der Waals surface area contributed by atoms with Gasteiger partial charge in [-0.25, -0.2) is 4.98 Å². The van der Waals surface area contributed by atoms with Gasteiger partial charge < -0.3 is 4.42 Å². The number of aromatic nitrogens is 1. The van der Waals surface area contributed by atoms with Crippen molar-refractivity contribution in [2.75, 3.05) is 5.43 Å². The number of hydrogen-bond donors (Lipinski definition) is 1. The van der Waals surface area contributed by atoms with Gasteiger partial charge in [0, 0.05) is 10.6 Å². The first kappa shape index (κ1) is 13.4. The summed E-state index contributed by atoms with van der Waals surface area (Å²) in [6.07, 6.45) is 4.83. The number of hydrogen-bond acceptors (Lipinski definition) is 4. The third-order valence-electron chi connectivity index (χ3n) is 2.88. The molecule has 2 aromatic carbocycles. The first-order valence-corrected chi connectivity index (χ1v) is 6.73. The first-order chi connectivity index (χ1) is 10.3. The van der Waals surface area contributed by atoms with Crippen LogP contribution in [0.25, 0.3) is 11.3 Å². The summed E-state index contributed by atoms with van der Waals surface area (Å²) >= 11 is 5.83. The molecule has 0 radical (unpaired) electrons. The van der Waals surface area contributed by atoms with Crippen LogP contribution in [0.3, 0.4) is 0 Å². The van der Waals surface area contributed by atoms with Crippen molar-refractivity contribution < 1.29 is 4.42 Å². The van der Waals surface area contributed by atoms with Gasteiger partial charge in [0.1, 0.15) is 0 Å². The van der Waals surface area contributed by atoms with Crippen molar-refractivity contribution in [1.29, 1.82) is 0 Å². The zero-order valence-corrected chi connectivity index (χ0v) is 11.8. The molecule has 0 atom stereocenters. The van der Waals surface area contributed by atoms with Crippen molar-refractivity contribution >= 4 is 23.5 Å². The van der Waals surface area contributed by atoms with E-state index in [1.165, 1.54) is 6.39 Å². The van der Waals surface area contributed by atoms with Gasteiger partial charge in [0.2, 0.25) is 0 Å². The van der Waals surface area contributed by atoms with Crippen LogP contribution in [0, 0.1) is 0 Å². The number of benzene rings is 2. The van der Waals surface area contributed by atoms with E-state index in [-0.39, 0.29) is 0 Å². The highest BCUT2D eigenvalue weighted by Gasteiger charge is 2.00. The molecule has 4 nitrogen and oxygen atoms in total. The Morgan fingerprint density at radius 3 is 2.48 bits per heavy atom. The molecule has 0 aliphatic heterocycles. The lowest BCUT2D eigenvalue weighted by molar-refractivity contribution is 0.572. The average molecular weight is 298 g/mol. The Kier molecular flexibility index (Phi) is 3.98. The maximum Gasteiger partial charge on any atom is 0.181 e. The zero-order valence-electron chi connectivity index (χ0n) is 11.0. The second kappa shape index (κ2) is 6.24. The topological polar surface area (TPSA) is 50.4 Å². The van der Waals surface area contributed by atoms with Crippen molar-refractivity contribution in [3.05, 3.63) is 71.7 Å². The first-order valence-electron chi connectivity index (χ1n) is 6.35. The summed E-state index contributed by atoms with van der Waals surface area (Å²) in [6, 6.07) is 15.2. The molecular weight excluding hydrogens is 286 g/mol. The van der Waals surface area contributed by atoms with Gasteiger partial charge in [0.05, 0.1) is 18.1 Å². The van der Waals surface area contributed by atoms with Crippen LogP contribution in [0.1, 0.15) is 5.56 Å². The monoisotopic (exact) mass is 297 g/mol. The van der Waals surface area contributed by atoms with Crippen molar-refractivity contribution in [3.8, 4) is 11.3 Å². The minimum absolute atomic E-state index is 0.711. The van der Waals surface area contributed by atoms with Crippen LogP contribution in [-0.4, -0.2) is 11.2 Å². The Bertz CT molecular complexity index is 719. The number of oxazole rings is 1. The number of anilines is 1. The number of nitrogens with zero attached hydrogens (tertiary/aromatic N) is 2. The highest BCUT2D eigenvalue weighted by molar-refractivity contribution is 6.30. The van der Waals surface area contributed by atoms with Crippen LogP contribution in [0.5, 0.6) is 0 Å². The van der Waals surface area contributed by atoms with E-state index < -0.39 is 0 Å². The van der Waals surface area contributed by atoms with Gasteiger partial charge in [0.25, 0.3) is 0 Å². The van der Waals surface area contributed by atoms with Crippen LogP contribution in [0.2, 0.25) is 5.02 Å². The van der Waals surface area contributed by atoms with E-state index in [0.29, 0.717) is 5.02 Å². The molecule has 0 unspecified atom stereocenters. The number of nitrogens with one attached hydrogen (secondary N) is 1. The molecule has 0 aliphatic rings. The second-order valence-electron chi connectivity index (χ2n) is 4.36. The number of rotatable bonds is 4. The summed E-state index contributed by atoms with van der Waals surface area (Å²) in [7, 11) is 0. The van der Waals surface area contributed by atoms with E-state index >= 15 is 0 Å². The molecule has 5 heteroatoms. The van der Waals surface area contributed by atoms with Crippen molar-refractivity contribution in [2.45, 2.75) is 0 Å². The van der Waals surface area contributed by atoms with Gasteiger partial charge in [-0.2, -0.15) is 5.10 Å². The van der Waals surface area contributed by atoms with Crippen molar-refractivity contribution in [2.24, 2.45) is 5.10 Å². The van der Waals surface area contributed by atoms with Crippen molar-refractivity contribution in [3.63, 3.8) is 0 Å². The fourth-order valence-electron chi connectivity index (χ4n) is 1.80. The summed E-state index contributed by atoms with van der Waals surface area (Å²) in [5.74, 6) is 0.742. The van der Waals surface area contributed by atoms with Crippen molar-refractivity contribution in [1.82, 2.24) is 4.98 Å². The molecular formula is C16H12ClN3O. The summed E-state index contributed by atoms with van der Waals surface area (Å²) in [5, 5.41) is 4.89. The quantitative estimate of drug-likeness (QED) is 0.572. The minimum Gasteiger partial charge on any atom is -0.444 e. The Labute approximate surface area is 127 Å². The molecule has 0 aliphatic carbocycles. The van der Waals surface area contributed by atoms with E-state index in [1.54, 1.807) is 12.4 Å². The third-order valence-corrected chi connectivity index (χ3v) is 3.13. The van der Waals surface area contributed by atoms with Gasteiger partial charge in [-0.3, -0.25) is 5.43 Å². The molecule has 0 bridgehead atoms. The fourth-order valence-corrected chi connectivity index (χ4v) is 1.92. The highest BCUT2D eigenvalue weighted by Crippen LogP contribution is 2.20. The molecule has 21 heavy (non-hydrogen) atoms. The molecule has 1 heterocycles. The lowest BCUT2D eigenvalue weighted by Gasteiger charge is -2.01. The smallest absolute Gasteiger partial charge is 0.181 e. The maximum absolute atomic E-state index is 5.83. The maximum atomic E-state index is 5.83. The largest absolute Gasteiger partial charge is 0.444 e. The van der Waals surface area contributed by atoms with E-state index in [2.05, 4.69) is 15.5 Å². The zero-order chi connectivity index (χ0) is 14.5. The lowest BCUT2D eigenvalue weighted by Crippen LogP contribution is -1.90. The fraction of sp³-hybridized carbons (Fsp3) is 0. The summed E-state index contributed by atoms with van der Waals surface area (Å²) in [6.45, 7) is 0. The predicted octanol–water partition coefficient (Wildman–Crippen LogP) is 4.44. The number of hydrazone groups is 1. The Hall–Kier alpha value is -2.59. The molecule has 0 saturated carbocycles. The van der Waals surface area contributed by atoms with Gasteiger partial charge >= 0.3 is 0 Å².